The third kappa shape index (κ3) is 2.14. The highest BCUT2D eigenvalue weighted by Crippen LogP contribution is 2.53. The Kier molecular flexibility index (Phi) is 2.84. The van der Waals surface area contributed by atoms with E-state index in [0.29, 0.717) is 11.6 Å². The molecule has 3 atom stereocenters. The first-order chi connectivity index (χ1) is 8.75. The van der Waals surface area contributed by atoms with Crippen LogP contribution < -0.4 is 0 Å². The summed E-state index contributed by atoms with van der Waals surface area (Å²) in [4.78, 5) is 8.44. The standard InChI is InChI=1S/C15H16N2O/c1-10-8-17-14(9-16-10)15(18)13-7-12(13)11-5-3-2-4-6-11/h2-6,8-9,12-13,15,18H,7H2,1H3. The van der Waals surface area contributed by atoms with Crippen molar-refractivity contribution in [3.8, 4) is 0 Å². The minimum atomic E-state index is -0.497. The number of aliphatic hydroxyl groups excluding tert-OH is 1. The molecule has 18 heavy (non-hydrogen) atoms. The van der Waals surface area contributed by atoms with Gasteiger partial charge >= 0.3 is 0 Å². The predicted molar refractivity (Wildman–Crippen MR) is 69.0 cm³/mol. The summed E-state index contributed by atoms with van der Waals surface area (Å²) in [5.41, 5.74) is 2.87. The average Bonchev–Trinajstić information content (AvgIpc) is 3.20. The van der Waals surface area contributed by atoms with E-state index in [1.165, 1.54) is 5.56 Å². The van der Waals surface area contributed by atoms with Crippen molar-refractivity contribution >= 4 is 0 Å². The fourth-order valence-electron chi connectivity index (χ4n) is 2.42. The number of hydrogen-bond donors (Lipinski definition) is 1. The van der Waals surface area contributed by atoms with Gasteiger partial charge in [0.2, 0.25) is 0 Å². The molecule has 1 saturated carbocycles. The number of aliphatic hydroxyl groups is 1. The molecule has 1 aliphatic carbocycles. The Labute approximate surface area is 107 Å². The third-order valence-electron chi connectivity index (χ3n) is 3.58. The van der Waals surface area contributed by atoms with Crippen LogP contribution in [-0.4, -0.2) is 15.1 Å². The van der Waals surface area contributed by atoms with Crippen molar-refractivity contribution in [3.63, 3.8) is 0 Å². The smallest absolute Gasteiger partial charge is 0.101 e. The van der Waals surface area contributed by atoms with Crippen LogP contribution in [0.25, 0.3) is 0 Å². The van der Waals surface area contributed by atoms with Crippen molar-refractivity contribution in [1.29, 1.82) is 0 Å². The van der Waals surface area contributed by atoms with E-state index in [4.69, 9.17) is 0 Å². The van der Waals surface area contributed by atoms with Crippen LogP contribution in [0.4, 0.5) is 0 Å². The fourth-order valence-corrected chi connectivity index (χ4v) is 2.42. The van der Waals surface area contributed by atoms with Gasteiger partial charge in [-0.1, -0.05) is 30.3 Å². The number of nitrogens with zero attached hydrogens (tertiary/aromatic N) is 2. The van der Waals surface area contributed by atoms with Crippen molar-refractivity contribution in [2.45, 2.75) is 25.4 Å². The van der Waals surface area contributed by atoms with Crippen molar-refractivity contribution < 1.29 is 5.11 Å². The molecule has 1 aromatic heterocycles. The molecule has 1 aromatic carbocycles. The molecule has 0 saturated heterocycles. The highest BCUT2D eigenvalue weighted by atomic mass is 16.3. The van der Waals surface area contributed by atoms with Gasteiger partial charge in [-0.2, -0.15) is 0 Å². The van der Waals surface area contributed by atoms with Gasteiger partial charge in [0.25, 0.3) is 0 Å². The van der Waals surface area contributed by atoms with E-state index in [-0.39, 0.29) is 5.92 Å². The SMILES string of the molecule is Cc1cnc(C(O)C2CC2c2ccccc2)cn1. The van der Waals surface area contributed by atoms with E-state index in [9.17, 15) is 5.11 Å². The molecule has 3 rings (SSSR count). The number of aromatic nitrogens is 2. The Balaban J connectivity index is 1.73. The molecule has 0 bridgehead atoms. The van der Waals surface area contributed by atoms with Gasteiger partial charge in [-0.05, 0) is 30.7 Å². The molecule has 1 heterocycles. The highest BCUT2D eigenvalue weighted by molar-refractivity contribution is 5.27. The van der Waals surface area contributed by atoms with Crippen LogP contribution in [-0.2, 0) is 0 Å². The average molecular weight is 240 g/mol. The van der Waals surface area contributed by atoms with E-state index in [2.05, 4.69) is 22.1 Å². The van der Waals surface area contributed by atoms with Crippen molar-refractivity contribution in [2.24, 2.45) is 5.92 Å². The molecule has 3 heteroatoms. The Morgan fingerprint density at radius 1 is 1.17 bits per heavy atom. The second kappa shape index (κ2) is 4.50. The van der Waals surface area contributed by atoms with E-state index in [1.807, 2.05) is 25.1 Å². The monoisotopic (exact) mass is 240 g/mol. The van der Waals surface area contributed by atoms with Gasteiger partial charge in [0, 0.05) is 6.20 Å². The zero-order valence-corrected chi connectivity index (χ0v) is 10.3. The molecule has 1 N–H and O–H groups in total. The van der Waals surface area contributed by atoms with Crippen LogP contribution in [0, 0.1) is 12.8 Å². The number of hydrogen-bond acceptors (Lipinski definition) is 3. The van der Waals surface area contributed by atoms with Crippen LogP contribution in [0.3, 0.4) is 0 Å². The molecule has 1 fully saturated rings. The minimum Gasteiger partial charge on any atom is -0.386 e. The fraction of sp³-hybridized carbons (Fsp3) is 0.333. The molecular weight excluding hydrogens is 224 g/mol. The van der Waals surface area contributed by atoms with E-state index in [0.717, 1.165) is 12.1 Å². The van der Waals surface area contributed by atoms with Crippen LogP contribution in [0.2, 0.25) is 0 Å². The quantitative estimate of drug-likeness (QED) is 0.897. The Morgan fingerprint density at radius 2 is 1.94 bits per heavy atom. The molecule has 92 valence electrons. The first-order valence-electron chi connectivity index (χ1n) is 6.27. The Bertz CT molecular complexity index is 524. The van der Waals surface area contributed by atoms with Crippen molar-refractivity contribution in [3.05, 3.63) is 59.7 Å². The molecule has 0 amide bonds. The first kappa shape index (κ1) is 11.4. The maximum absolute atomic E-state index is 10.3. The van der Waals surface area contributed by atoms with E-state index < -0.39 is 6.10 Å². The second-order valence-corrected chi connectivity index (χ2v) is 4.94. The van der Waals surface area contributed by atoms with Crippen LogP contribution in [0.1, 0.15) is 35.4 Å². The van der Waals surface area contributed by atoms with Gasteiger partial charge in [-0.15, -0.1) is 0 Å². The summed E-state index contributed by atoms with van der Waals surface area (Å²) in [6, 6.07) is 10.4. The lowest BCUT2D eigenvalue weighted by atomic mass is 10.1. The first-order valence-corrected chi connectivity index (χ1v) is 6.27. The lowest BCUT2D eigenvalue weighted by molar-refractivity contribution is 0.146. The molecule has 3 nitrogen and oxygen atoms in total. The summed E-state index contributed by atoms with van der Waals surface area (Å²) in [6.45, 7) is 1.90. The predicted octanol–water partition coefficient (Wildman–Crippen LogP) is 2.62. The van der Waals surface area contributed by atoms with Crippen molar-refractivity contribution in [2.75, 3.05) is 0 Å². The van der Waals surface area contributed by atoms with Crippen LogP contribution in [0.5, 0.6) is 0 Å². The van der Waals surface area contributed by atoms with E-state index in [1.54, 1.807) is 12.4 Å². The lowest BCUT2D eigenvalue weighted by Gasteiger charge is -2.09. The summed E-state index contributed by atoms with van der Waals surface area (Å²) in [5.74, 6) is 0.744. The summed E-state index contributed by atoms with van der Waals surface area (Å²) in [7, 11) is 0. The molecule has 2 aromatic rings. The summed E-state index contributed by atoms with van der Waals surface area (Å²) < 4.78 is 0. The van der Waals surface area contributed by atoms with Crippen LogP contribution in [0.15, 0.2) is 42.7 Å². The molecule has 0 aliphatic heterocycles. The maximum Gasteiger partial charge on any atom is 0.101 e. The number of rotatable bonds is 3. The Morgan fingerprint density at radius 3 is 2.61 bits per heavy atom. The Hall–Kier alpha value is -1.74. The summed E-state index contributed by atoms with van der Waals surface area (Å²) in [6.07, 6.45) is 3.92. The number of benzene rings is 1. The number of aryl methyl sites for hydroxylation is 1. The molecular formula is C15H16N2O. The van der Waals surface area contributed by atoms with Gasteiger partial charge in [0.1, 0.15) is 6.10 Å². The highest BCUT2D eigenvalue weighted by Gasteiger charge is 2.44. The van der Waals surface area contributed by atoms with Gasteiger partial charge in [-0.3, -0.25) is 9.97 Å². The van der Waals surface area contributed by atoms with Gasteiger partial charge < -0.3 is 5.11 Å². The van der Waals surface area contributed by atoms with Gasteiger partial charge in [0.05, 0.1) is 17.6 Å². The van der Waals surface area contributed by atoms with E-state index >= 15 is 0 Å². The van der Waals surface area contributed by atoms with Crippen molar-refractivity contribution in [1.82, 2.24) is 9.97 Å². The largest absolute Gasteiger partial charge is 0.386 e. The molecule has 3 unspecified atom stereocenters. The molecule has 0 radical (unpaired) electrons. The van der Waals surface area contributed by atoms with Crippen LogP contribution >= 0.6 is 0 Å². The third-order valence-corrected chi connectivity index (χ3v) is 3.58. The summed E-state index contributed by atoms with van der Waals surface area (Å²) >= 11 is 0. The zero-order valence-electron chi connectivity index (χ0n) is 10.3. The molecule has 1 aliphatic rings. The summed E-state index contributed by atoms with van der Waals surface area (Å²) in [5, 5.41) is 10.3. The maximum atomic E-state index is 10.3. The zero-order chi connectivity index (χ0) is 12.5. The minimum absolute atomic E-state index is 0.282. The normalized spacial score (nSPS) is 23.7. The molecule has 0 spiro atoms. The lowest BCUT2D eigenvalue weighted by Crippen LogP contribution is -2.05. The van der Waals surface area contributed by atoms with Gasteiger partial charge in [0.15, 0.2) is 0 Å². The topological polar surface area (TPSA) is 46.0 Å². The second-order valence-electron chi connectivity index (χ2n) is 4.94. The van der Waals surface area contributed by atoms with Gasteiger partial charge in [-0.25, -0.2) is 0 Å².